The van der Waals surface area contributed by atoms with Crippen molar-refractivity contribution in [2.45, 2.75) is 67.2 Å². The summed E-state index contributed by atoms with van der Waals surface area (Å²) in [4.78, 5) is 0. The molecule has 0 aromatic rings. The van der Waals surface area contributed by atoms with Gasteiger partial charge < -0.3 is 0 Å². The lowest BCUT2D eigenvalue weighted by atomic mass is 9.92. The van der Waals surface area contributed by atoms with E-state index < -0.39 is 0 Å². The number of hydrogen-bond acceptors (Lipinski definition) is 0. The van der Waals surface area contributed by atoms with Gasteiger partial charge in [-0.1, -0.05) is 41.9 Å². The lowest BCUT2D eigenvalue weighted by Crippen LogP contribution is -1.99. The smallest absolute Gasteiger partial charge is 0.0174 e. The van der Waals surface area contributed by atoms with Gasteiger partial charge in [0.1, 0.15) is 0 Å². The molecule has 0 aliphatic heterocycles. The zero-order valence-corrected chi connectivity index (χ0v) is 12.6. The highest BCUT2D eigenvalue weighted by Crippen LogP contribution is 2.20. The summed E-state index contributed by atoms with van der Waals surface area (Å²) in [5.41, 5.74) is 4.49. The summed E-state index contributed by atoms with van der Waals surface area (Å²) in [6, 6.07) is 0. The molecule has 0 heterocycles. The Hall–Kier alpha value is -0.780. The van der Waals surface area contributed by atoms with E-state index in [0.717, 1.165) is 5.92 Å². The molecule has 0 N–H and O–H groups in total. The number of allylic oxidation sites excluding steroid dienone is 6. The molecule has 0 aliphatic carbocycles. The maximum absolute atomic E-state index is 2.43. The summed E-state index contributed by atoms with van der Waals surface area (Å²) in [7, 11) is 0. The molecule has 1 unspecified atom stereocenters. The Labute approximate surface area is 109 Å². The van der Waals surface area contributed by atoms with Crippen LogP contribution in [0.25, 0.3) is 0 Å². The van der Waals surface area contributed by atoms with Gasteiger partial charge in [0.15, 0.2) is 0 Å². The van der Waals surface area contributed by atoms with Crippen molar-refractivity contribution < 1.29 is 0 Å². The zero-order valence-electron chi connectivity index (χ0n) is 12.6. The molecule has 0 aliphatic rings. The van der Waals surface area contributed by atoms with Gasteiger partial charge in [-0.05, 0) is 66.2 Å². The van der Waals surface area contributed by atoms with Gasteiger partial charge >= 0.3 is 0 Å². The first-order valence-electron chi connectivity index (χ1n) is 6.93. The van der Waals surface area contributed by atoms with Gasteiger partial charge in [-0.25, -0.2) is 0 Å². The maximum Gasteiger partial charge on any atom is -0.0174 e. The molecule has 0 saturated carbocycles. The SMILES string of the molecule is C/C=C(\C)C(CC)C/C=C(\C)CCC=C(C)C. The molecule has 0 aromatic carbocycles. The molecule has 0 spiro atoms. The second-order valence-corrected chi connectivity index (χ2v) is 5.24. The molecule has 98 valence electrons. The van der Waals surface area contributed by atoms with Crippen LogP contribution in [0.3, 0.4) is 0 Å². The molecule has 0 amide bonds. The monoisotopic (exact) mass is 234 g/mol. The van der Waals surface area contributed by atoms with E-state index in [-0.39, 0.29) is 0 Å². The molecule has 0 nitrogen and oxygen atoms in total. The van der Waals surface area contributed by atoms with E-state index >= 15 is 0 Å². The van der Waals surface area contributed by atoms with Crippen LogP contribution in [0.15, 0.2) is 34.9 Å². The Kier molecular flexibility index (Phi) is 8.85. The molecule has 17 heavy (non-hydrogen) atoms. The minimum atomic E-state index is 0.735. The van der Waals surface area contributed by atoms with Crippen molar-refractivity contribution in [1.29, 1.82) is 0 Å². The third-order valence-electron chi connectivity index (χ3n) is 3.43. The summed E-state index contributed by atoms with van der Waals surface area (Å²) in [5.74, 6) is 0.735. The fraction of sp³-hybridized carbons (Fsp3) is 0.647. The van der Waals surface area contributed by atoms with Crippen molar-refractivity contribution in [1.82, 2.24) is 0 Å². The Balaban J connectivity index is 4.16. The molecule has 0 heteroatoms. The normalized spacial score (nSPS) is 14.7. The Morgan fingerprint density at radius 2 is 1.71 bits per heavy atom. The van der Waals surface area contributed by atoms with Gasteiger partial charge in [0.25, 0.3) is 0 Å². The van der Waals surface area contributed by atoms with Crippen LogP contribution in [-0.2, 0) is 0 Å². The van der Waals surface area contributed by atoms with E-state index in [1.165, 1.54) is 42.4 Å². The van der Waals surface area contributed by atoms with Gasteiger partial charge in [0.2, 0.25) is 0 Å². The Morgan fingerprint density at radius 3 is 2.18 bits per heavy atom. The fourth-order valence-corrected chi connectivity index (χ4v) is 1.94. The van der Waals surface area contributed by atoms with Crippen molar-refractivity contribution in [3.05, 3.63) is 34.9 Å². The van der Waals surface area contributed by atoms with Crippen LogP contribution in [0.1, 0.15) is 67.2 Å². The lowest BCUT2D eigenvalue weighted by molar-refractivity contribution is 0.597. The fourth-order valence-electron chi connectivity index (χ4n) is 1.94. The molecule has 0 aromatic heterocycles. The minimum Gasteiger partial charge on any atom is -0.0884 e. The van der Waals surface area contributed by atoms with Crippen molar-refractivity contribution >= 4 is 0 Å². The quantitative estimate of drug-likeness (QED) is 0.469. The van der Waals surface area contributed by atoms with Gasteiger partial charge in [0, 0.05) is 0 Å². The molecule has 0 bridgehead atoms. The van der Waals surface area contributed by atoms with Crippen molar-refractivity contribution in [2.75, 3.05) is 0 Å². The van der Waals surface area contributed by atoms with Crippen LogP contribution < -0.4 is 0 Å². The largest absolute Gasteiger partial charge is 0.0884 e. The molecule has 0 saturated heterocycles. The predicted octanol–water partition coefficient (Wildman–Crippen LogP) is 6.06. The van der Waals surface area contributed by atoms with Gasteiger partial charge in [0.05, 0.1) is 0 Å². The highest BCUT2D eigenvalue weighted by molar-refractivity contribution is 5.08. The molecule has 0 fully saturated rings. The summed E-state index contributed by atoms with van der Waals surface area (Å²) in [5, 5.41) is 0. The van der Waals surface area contributed by atoms with E-state index in [0.29, 0.717) is 0 Å². The number of hydrogen-bond donors (Lipinski definition) is 0. The van der Waals surface area contributed by atoms with Crippen molar-refractivity contribution in [3.8, 4) is 0 Å². The second-order valence-electron chi connectivity index (χ2n) is 5.24. The minimum absolute atomic E-state index is 0.735. The molecule has 0 rings (SSSR count). The van der Waals surface area contributed by atoms with E-state index in [4.69, 9.17) is 0 Å². The van der Waals surface area contributed by atoms with E-state index in [9.17, 15) is 0 Å². The Bertz CT molecular complexity index is 285. The highest BCUT2D eigenvalue weighted by Gasteiger charge is 2.05. The maximum atomic E-state index is 2.43. The highest BCUT2D eigenvalue weighted by atomic mass is 14.1. The van der Waals surface area contributed by atoms with Crippen LogP contribution in [-0.4, -0.2) is 0 Å². The van der Waals surface area contributed by atoms with E-state index in [2.05, 4.69) is 59.8 Å². The van der Waals surface area contributed by atoms with Gasteiger partial charge in [-0.15, -0.1) is 0 Å². The topological polar surface area (TPSA) is 0 Å². The zero-order chi connectivity index (χ0) is 13.3. The predicted molar refractivity (Wildman–Crippen MR) is 80.3 cm³/mol. The summed E-state index contributed by atoms with van der Waals surface area (Å²) < 4.78 is 0. The second kappa shape index (κ2) is 9.27. The van der Waals surface area contributed by atoms with Crippen LogP contribution >= 0.6 is 0 Å². The summed E-state index contributed by atoms with van der Waals surface area (Å²) >= 11 is 0. The average Bonchev–Trinajstić information content (AvgIpc) is 2.28. The van der Waals surface area contributed by atoms with E-state index in [1.54, 1.807) is 0 Å². The van der Waals surface area contributed by atoms with Gasteiger partial charge in [-0.2, -0.15) is 0 Å². The third-order valence-corrected chi connectivity index (χ3v) is 3.43. The molecule has 1 atom stereocenters. The van der Waals surface area contributed by atoms with Crippen LogP contribution in [0.2, 0.25) is 0 Å². The first-order chi connectivity index (χ1) is 8.01. The molecule has 0 radical (unpaired) electrons. The summed E-state index contributed by atoms with van der Waals surface area (Å²) in [6.45, 7) is 13.3. The van der Waals surface area contributed by atoms with Crippen LogP contribution in [0, 0.1) is 5.92 Å². The van der Waals surface area contributed by atoms with Crippen LogP contribution in [0.4, 0.5) is 0 Å². The van der Waals surface area contributed by atoms with Crippen molar-refractivity contribution in [3.63, 3.8) is 0 Å². The van der Waals surface area contributed by atoms with E-state index in [1.807, 2.05) is 0 Å². The summed E-state index contributed by atoms with van der Waals surface area (Å²) in [6.07, 6.45) is 11.8. The number of rotatable bonds is 7. The first kappa shape index (κ1) is 16.2. The van der Waals surface area contributed by atoms with Gasteiger partial charge in [-0.3, -0.25) is 0 Å². The van der Waals surface area contributed by atoms with Crippen molar-refractivity contribution in [2.24, 2.45) is 5.92 Å². The average molecular weight is 234 g/mol. The lowest BCUT2D eigenvalue weighted by Gasteiger charge is -2.13. The molecular formula is C17H30. The van der Waals surface area contributed by atoms with Crippen LogP contribution in [0.5, 0.6) is 0 Å². The first-order valence-corrected chi connectivity index (χ1v) is 6.93. The third kappa shape index (κ3) is 8.01. The standard InChI is InChI=1S/C17H30/c1-7-16(6)17(8-2)13-12-15(5)11-9-10-14(3)4/h7,10,12,17H,8-9,11,13H2,1-6H3/b15-12+,16-7+. The molecular weight excluding hydrogens is 204 g/mol. The Morgan fingerprint density at radius 1 is 1.06 bits per heavy atom.